The molecule has 1 aromatic carbocycles. The maximum absolute atomic E-state index is 12.2. The van der Waals surface area contributed by atoms with Gasteiger partial charge in [0.1, 0.15) is 5.69 Å². The molecule has 0 fully saturated rings. The van der Waals surface area contributed by atoms with Crippen molar-refractivity contribution in [3.63, 3.8) is 0 Å². The highest BCUT2D eigenvalue weighted by atomic mass is 16.6. The molecule has 2 aliphatic rings. The van der Waals surface area contributed by atoms with Gasteiger partial charge in [-0.1, -0.05) is 6.92 Å². The van der Waals surface area contributed by atoms with E-state index >= 15 is 0 Å². The molecule has 0 bridgehead atoms. The normalized spacial score (nSPS) is 18.7. The van der Waals surface area contributed by atoms with Crippen LogP contribution in [0.1, 0.15) is 13.3 Å². The molecule has 4 rings (SSSR count). The van der Waals surface area contributed by atoms with E-state index in [1.54, 1.807) is 23.0 Å². The Labute approximate surface area is 136 Å². The number of amides is 1. The third-order valence-electron chi connectivity index (χ3n) is 4.30. The largest absolute Gasteiger partial charge is 0.317 e. The number of rotatable bonds is 3. The highest BCUT2D eigenvalue weighted by Gasteiger charge is 2.38. The van der Waals surface area contributed by atoms with Crippen LogP contribution in [-0.4, -0.2) is 38.8 Å². The highest BCUT2D eigenvalue weighted by Crippen LogP contribution is 2.40. The predicted molar refractivity (Wildman–Crippen MR) is 87.7 cm³/mol. The van der Waals surface area contributed by atoms with Crippen molar-refractivity contribution < 1.29 is 9.72 Å². The van der Waals surface area contributed by atoms with Gasteiger partial charge >= 0.3 is 0 Å². The summed E-state index contributed by atoms with van der Waals surface area (Å²) in [4.78, 5) is 33.4. The molecule has 9 nitrogen and oxygen atoms in total. The fraction of sp³-hybridized carbons (Fsp3) is 0.267. The van der Waals surface area contributed by atoms with Crippen molar-refractivity contribution >= 4 is 28.8 Å². The zero-order valence-corrected chi connectivity index (χ0v) is 12.8. The van der Waals surface area contributed by atoms with E-state index in [0.29, 0.717) is 29.4 Å². The number of nitro benzene ring substituents is 1. The lowest BCUT2D eigenvalue weighted by molar-refractivity contribution is -0.384. The number of amidine groups is 1. The monoisotopic (exact) mass is 326 g/mol. The maximum atomic E-state index is 12.2. The van der Waals surface area contributed by atoms with Crippen LogP contribution in [0, 0.1) is 10.1 Å². The molecule has 9 heteroatoms. The first-order valence-electron chi connectivity index (χ1n) is 7.56. The Morgan fingerprint density at radius 1 is 1.42 bits per heavy atom. The fourth-order valence-corrected chi connectivity index (χ4v) is 3.12. The molecule has 1 amide bonds. The molecular formula is C15H14N6O3. The third-order valence-corrected chi connectivity index (χ3v) is 4.30. The van der Waals surface area contributed by atoms with Crippen molar-refractivity contribution in [2.75, 3.05) is 16.8 Å². The van der Waals surface area contributed by atoms with Gasteiger partial charge < -0.3 is 14.8 Å². The van der Waals surface area contributed by atoms with E-state index in [0.717, 1.165) is 6.42 Å². The van der Waals surface area contributed by atoms with E-state index in [4.69, 9.17) is 0 Å². The minimum absolute atomic E-state index is 0.0712. The van der Waals surface area contributed by atoms with Crippen LogP contribution in [-0.2, 0) is 4.79 Å². The topological polar surface area (TPSA) is 106 Å². The second-order valence-electron chi connectivity index (χ2n) is 5.64. The zero-order valence-electron chi connectivity index (χ0n) is 12.8. The van der Waals surface area contributed by atoms with E-state index in [-0.39, 0.29) is 17.6 Å². The number of benzene rings is 1. The number of aliphatic imine (C=N–C) groups is 1. The van der Waals surface area contributed by atoms with E-state index < -0.39 is 4.92 Å². The number of nitrogens with zero attached hydrogens (tertiary/aromatic N) is 5. The highest BCUT2D eigenvalue weighted by molar-refractivity contribution is 6.49. The lowest BCUT2D eigenvalue weighted by atomic mass is 10.1. The van der Waals surface area contributed by atoms with Gasteiger partial charge in [-0.15, -0.1) is 0 Å². The molecule has 1 unspecified atom stereocenters. The molecular weight excluding hydrogens is 312 g/mol. The molecule has 2 aromatic rings. The molecule has 0 saturated carbocycles. The van der Waals surface area contributed by atoms with Gasteiger partial charge in [0.25, 0.3) is 11.6 Å². The van der Waals surface area contributed by atoms with Crippen LogP contribution in [0.2, 0.25) is 0 Å². The van der Waals surface area contributed by atoms with Gasteiger partial charge in [-0.25, -0.2) is 4.98 Å². The number of carbonyl (C=O) groups is 1. The van der Waals surface area contributed by atoms with Gasteiger partial charge in [0, 0.05) is 18.5 Å². The first-order valence-corrected chi connectivity index (χ1v) is 7.56. The fourth-order valence-electron chi connectivity index (χ4n) is 3.12. The molecule has 122 valence electrons. The number of anilines is 2. The van der Waals surface area contributed by atoms with Crippen LogP contribution in [0.3, 0.4) is 0 Å². The second-order valence-corrected chi connectivity index (χ2v) is 5.64. The summed E-state index contributed by atoms with van der Waals surface area (Å²) >= 11 is 0. The first-order chi connectivity index (χ1) is 11.6. The zero-order chi connectivity index (χ0) is 16.8. The van der Waals surface area contributed by atoms with Crippen LogP contribution < -0.4 is 10.2 Å². The smallest absolute Gasteiger partial charge is 0.295 e. The number of fused-ring (bicyclic) bond motifs is 3. The molecule has 0 radical (unpaired) electrons. The standard InChI is InChI=1S/C15H14N6O3/c1-2-9-7-17-14-15(22)18-10-5-13(21(23)24)12(6-11(10)20(9)14)19-4-3-16-8-19/h3-6,8-9H,2,7H2,1H3,(H,18,22). The van der Waals surface area contributed by atoms with Crippen molar-refractivity contribution in [1.29, 1.82) is 0 Å². The van der Waals surface area contributed by atoms with Crippen molar-refractivity contribution in [2.24, 2.45) is 4.99 Å². The minimum atomic E-state index is -0.466. The summed E-state index contributed by atoms with van der Waals surface area (Å²) < 4.78 is 1.59. The quantitative estimate of drug-likeness (QED) is 0.683. The average molecular weight is 326 g/mol. The van der Waals surface area contributed by atoms with E-state index in [2.05, 4.69) is 15.3 Å². The summed E-state index contributed by atoms with van der Waals surface area (Å²) in [5.41, 5.74) is 1.44. The van der Waals surface area contributed by atoms with Gasteiger partial charge in [-0.2, -0.15) is 0 Å². The molecule has 1 N–H and O–H groups in total. The third kappa shape index (κ3) is 1.98. The molecule has 1 atom stereocenters. The lowest BCUT2D eigenvalue weighted by Crippen LogP contribution is -2.46. The van der Waals surface area contributed by atoms with Crippen molar-refractivity contribution in [3.8, 4) is 5.69 Å². The van der Waals surface area contributed by atoms with Crippen LogP contribution >= 0.6 is 0 Å². The number of nitrogens with one attached hydrogen (secondary N) is 1. The van der Waals surface area contributed by atoms with Crippen LogP contribution in [0.4, 0.5) is 17.1 Å². The number of hydrogen-bond donors (Lipinski definition) is 1. The Kier molecular flexibility index (Phi) is 3.08. The number of nitro groups is 1. The maximum Gasteiger partial charge on any atom is 0.295 e. The Morgan fingerprint density at radius 3 is 2.92 bits per heavy atom. The number of aromatic nitrogens is 2. The number of imidazole rings is 1. The summed E-state index contributed by atoms with van der Waals surface area (Å²) in [7, 11) is 0. The van der Waals surface area contributed by atoms with Crippen molar-refractivity contribution in [1.82, 2.24) is 9.55 Å². The van der Waals surface area contributed by atoms with Gasteiger partial charge in [0.2, 0.25) is 0 Å². The Balaban J connectivity index is 1.94. The Hall–Kier alpha value is -3.23. The predicted octanol–water partition coefficient (Wildman–Crippen LogP) is 1.73. The molecule has 0 aliphatic carbocycles. The summed E-state index contributed by atoms with van der Waals surface area (Å²) in [6.45, 7) is 2.56. The molecule has 0 spiro atoms. The first kappa shape index (κ1) is 14.4. The van der Waals surface area contributed by atoms with Crippen LogP contribution in [0.5, 0.6) is 0 Å². The van der Waals surface area contributed by atoms with Crippen LogP contribution in [0.25, 0.3) is 5.69 Å². The number of hydrogen-bond acceptors (Lipinski definition) is 6. The minimum Gasteiger partial charge on any atom is -0.317 e. The summed E-state index contributed by atoms with van der Waals surface area (Å²) in [6, 6.07) is 3.17. The lowest BCUT2D eigenvalue weighted by Gasteiger charge is -2.32. The van der Waals surface area contributed by atoms with Crippen molar-refractivity contribution in [3.05, 3.63) is 41.0 Å². The summed E-state index contributed by atoms with van der Waals surface area (Å²) in [6.07, 6.45) is 5.53. The van der Waals surface area contributed by atoms with E-state index in [1.807, 2.05) is 11.8 Å². The van der Waals surface area contributed by atoms with E-state index in [1.165, 1.54) is 12.4 Å². The Bertz CT molecular complexity index is 874. The van der Waals surface area contributed by atoms with Gasteiger partial charge in [-0.05, 0) is 12.5 Å². The molecule has 1 aromatic heterocycles. The van der Waals surface area contributed by atoms with Crippen LogP contribution in [0.15, 0.2) is 35.8 Å². The molecule has 2 aliphatic heterocycles. The molecule has 0 saturated heterocycles. The molecule has 3 heterocycles. The van der Waals surface area contributed by atoms with Gasteiger partial charge in [0.05, 0.1) is 35.2 Å². The average Bonchev–Trinajstić information content (AvgIpc) is 3.23. The molecule has 24 heavy (non-hydrogen) atoms. The second kappa shape index (κ2) is 5.15. The van der Waals surface area contributed by atoms with E-state index in [9.17, 15) is 14.9 Å². The van der Waals surface area contributed by atoms with Gasteiger partial charge in [-0.3, -0.25) is 19.9 Å². The van der Waals surface area contributed by atoms with Gasteiger partial charge in [0.15, 0.2) is 5.84 Å². The summed E-state index contributed by atoms with van der Waals surface area (Å²) in [5.74, 6) is 0.0305. The number of carbonyl (C=O) groups excluding carboxylic acids is 1. The van der Waals surface area contributed by atoms with Crippen molar-refractivity contribution in [2.45, 2.75) is 19.4 Å². The SMILES string of the molecule is CCC1CN=C2C(=O)Nc3cc([N+](=O)[O-])c(-n4ccnc4)cc3N21. The summed E-state index contributed by atoms with van der Waals surface area (Å²) in [5, 5.41) is 14.2. The Morgan fingerprint density at radius 2 is 2.25 bits per heavy atom.